The number of nitrogens with zero attached hydrogens (tertiary/aromatic N) is 2. The van der Waals surface area contributed by atoms with Crippen molar-refractivity contribution < 1.29 is 5.11 Å². The van der Waals surface area contributed by atoms with Crippen LogP contribution in [0.15, 0.2) is 24.3 Å². The van der Waals surface area contributed by atoms with E-state index in [1.54, 1.807) is 0 Å². The lowest BCUT2D eigenvalue weighted by Gasteiger charge is -2.09. The van der Waals surface area contributed by atoms with E-state index in [0.717, 1.165) is 30.7 Å². The predicted molar refractivity (Wildman–Crippen MR) is 97.7 cm³/mol. The highest BCUT2D eigenvalue weighted by atomic mass is 16.2. The number of unbranched alkanes of at least 4 members (excludes halogenated alkanes) is 7. The molecule has 128 valence electrons. The Morgan fingerprint density at radius 1 is 0.913 bits per heavy atom. The van der Waals surface area contributed by atoms with Crippen LogP contribution in [0.3, 0.4) is 0 Å². The maximum absolute atomic E-state index is 9.09. The normalized spacial score (nSPS) is 11.4. The van der Waals surface area contributed by atoms with E-state index in [-0.39, 0.29) is 6.61 Å². The fourth-order valence-corrected chi connectivity index (χ4v) is 3.21. The van der Waals surface area contributed by atoms with Crippen molar-refractivity contribution in [3.63, 3.8) is 0 Å². The van der Waals surface area contributed by atoms with Crippen molar-refractivity contribution in [2.24, 2.45) is 0 Å². The van der Waals surface area contributed by atoms with Gasteiger partial charge in [0.1, 0.15) is 5.82 Å². The Hall–Kier alpha value is -1.35. The van der Waals surface area contributed by atoms with Crippen LogP contribution in [-0.4, -0.2) is 21.3 Å². The van der Waals surface area contributed by atoms with Crippen LogP contribution < -0.4 is 0 Å². The van der Waals surface area contributed by atoms with Gasteiger partial charge in [-0.25, -0.2) is 4.98 Å². The first-order valence-electron chi connectivity index (χ1n) is 9.41. The Morgan fingerprint density at radius 3 is 2.35 bits per heavy atom. The highest BCUT2D eigenvalue weighted by Gasteiger charge is 2.09. The van der Waals surface area contributed by atoms with Crippen molar-refractivity contribution in [2.75, 3.05) is 6.61 Å². The molecule has 23 heavy (non-hydrogen) atoms. The van der Waals surface area contributed by atoms with Gasteiger partial charge < -0.3 is 9.67 Å². The van der Waals surface area contributed by atoms with Gasteiger partial charge in [-0.3, -0.25) is 0 Å². The molecule has 1 aromatic heterocycles. The molecule has 1 N–H and O–H groups in total. The van der Waals surface area contributed by atoms with E-state index in [1.807, 2.05) is 6.07 Å². The van der Waals surface area contributed by atoms with Gasteiger partial charge in [0.15, 0.2) is 0 Å². The molecule has 0 unspecified atom stereocenters. The number of aromatic nitrogens is 2. The molecule has 0 saturated carbocycles. The maximum atomic E-state index is 9.09. The molecule has 0 fully saturated rings. The molecule has 2 rings (SSSR count). The minimum Gasteiger partial charge on any atom is -0.396 e. The fraction of sp³-hybridized carbons (Fsp3) is 0.650. The molecule has 2 aromatic rings. The molecule has 0 amide bonds. The highest BCUT2D eigenvalue weighted by Crippen LogP contribution is 2.18. The standard InChI is InChI=1S/C20H32N2O/c1-2-3-4-5-6-7-8-11-16-22-19-14-10-9-13-18(19)21-20(22)15-12-17-23/h9-10,13-14,23H,2-8,11-12,15-17H2,1H3. The van der Waals surface area contributed by atoms with Crippen LogP contribution in [0.4, 0.5) is 0 Å². The van der Waals surface area contributed by atoms with E-state index in [9.17, 15) is 0 Å². The third-order valence-corrected chi connectivity index (χ3v) is 4.53. The molecule has 0 saturated heterocycles. The van der Waals surface area contributed by atoms with Crippen LogP contribution in [0.2, 0.25) is 0 Å². The molecule has 0 aliphatic carbocycles. The molecule has 0 radical (unpaired) electrons. The first kappa shape index (κ1) is 18.0. The second kappa shape index (κ2) is 10.4. The van der Waals surface area contributed by atoms with Gasteiger partial charge in [-0.05, 0) is 25.0 Å². The molecule has 3 heteroatoms. The summed E-state index contributed by atoms with van der Waals surface area (Å²) in [6.45, 7) is 3.56. The molecule has 1 heterocycles. The van der Waals surface area contributed by atoms with E-state index in [1.165, 1.54) is 56.9 Å². The molecule has 3 nitrogen and oxygen atoms in total. The number of benzene rings is 1. The van der Waals surface area contributed by atoms with Crippen molar-refractivity contribution in [3.05, 3.63) is 30.1 Å². The van der Waals surface area contributed by atoms with E-state index in [2.05, 4.69) is 29.7 Å². The van der Waals surface area contributed by atoms with Crippen molar-refractivity contribution in [2.45, 2.75) is 77.7 Å². The summed E-state index contributed by atoms with van der Waals surface area (Å²) in [6, 6.07) is 8.38. The number of aliphatic hydroxyl groups excluding tert-OH is 1. The fourth-order valence-electron chi connectivity index (χ4n) is 3.21. The molecule has 0 bridgehead atoms. The highest BCUT2D eigenvalue weighted by molar-refractivity contribution is 5.75. The zero-order valence-electron chi connectivity index (χ0n) is 14.6. The Morgan fingerprint density at radius 2 is 1.61 bits per heavy atom. The van der Waals surface area contributed by atoms with Gasteiger partial charge in [-0.15, -0.1) is 0 Å². The van der Waals surface area contributed by atoms with E-state index < -0.39 is 0 Å². The number of hydrogen-bond acceptors (Lipinski definition) is 2. The van der Waals surface area contributed by atoms with Gasteiger partial charge in [0.2, 0.25) is 0 Å². The summed E-state index contributed by atoms with van der Waals surface area (Å²) in [5.41, 5.74) is 2.32. The molecule has 1 aromatic carbocycles. The van der Waals surface area contributed by atoms with Crippen molar-refractivity contribution >= 4 is 11.0 Å². The molecular formula is C20H32N2O. The molecular weight excluding hydrogens is 284 g/mol. The van der Waals surface area contributed by atoms with Crippen molar-refractivity contribution in [1.29, 1.82) is 0 Å². The lowest BCUT2D eigenvalue weighted by molar-refractivity contribution is 0.287. The largest absolute Gasteiger partial charge is 0.396 e. The minimum absolute atomic E-state index is 0.237. The summed E-state index contributed by atoms with van der Waals surface area (Å²) < 4.78 is 2.36. The summed E-state index contributed by atoms with van der Waals surface area (Å²) in [4.78, 5) is 4.75. The molecule has 0 aliphatic heterocycles. The number of aryl methyl sites for hydroxylation is 2. The monoisotopic (exact) mass is 316 g/mol. The first-order chi connectivity index (χ1) is 11.4. The second-order valence-electron chi connectivity index (χ2n) is 6.47. The van der Waals surface area contributed by atoms with Crippen molar-refractivity contribution in [1.82, 2.24) is 9.55 Å². The third kappa shape index (κ3) is 5.65. The Balaban J connectivity index is 1.83. The quantitative estimate of drug-likeness (QED) is 0.553. The number of rotatable bonds is 12. The van der Waals surface area contributed by atoms with Gasteiger partial charge >= 0.3 is 0 Å². The van der Waals surface area contributed by atoms with Gasteiger partial charge in [-0.1, -0.05) is 64.0 Å². The first-order valence-corrected chi connectivity index (χ1v) is 9.41. The Kier molecular flexibility index (Phi) is 8.16. The molecule has 0 aliphatic rings. The molecule has 0 atom stereocenters. The average Bonchev–Trinajstić information content (AvgIpc) is 2.93. The van der Waals surface area contributed by atoms with Crippen molar-refractivity contribution in [3.8, 4) is 0 Å². The molecule has 0 spiro atoms. The Labute approximate surface area is 140 Å². The average molecular weight is 316 g/mol. The predicted octanol–water partition coefficient (Wildman–Crippen LogP) is 5.10. The second-order valence-corrected chi connectivity index (χ2v) is 6.47. The number of hydrogen-bond donors (Lipinski definition) is 1. The van der Waals surface area contributed by atoms with E-state index in [4.69, 9.17) is 10.1 Å². The van der Waals surface area contributed by atoms with Crippen LogP contribution in [-0.2, 0) is 13.0 Å². The summed E-state index contributed by atoms with van der Waals surface area (Å²) >= 11 is 0. The summed E-state index contributed by atoms with van der Waals surface area (Å²) in [7, 11) is 0. The Bertz CT molecular complexity index is 562. The third-order valence-electron chi connectivity index (χ3n) is 4.53. The zero-order chi connectivity index (χ0) is 16.3. The van der Waals surface area contributed by atoms with Crippen LogP contribution in [0.25, 0.3) is 11.0 Å². The maximum Gasteiger partial charge on any atom is 0.109 e. The number of para-hydroxylation sites is 2. The van der Waals surface area contributed by atoms with Gasteiger partial charge in [0.05, 0.1) is 11.0 Å². The van der Waals surface area contributed by atoms with E-state index in [0.29, 0.717) is 0 Å². The topological polar surface area (TPSA) is 38.0 Å². The smallest absolute Gasteiger partial charge is 0.109 e. The number of imidazole rings is 1. The number of fused-ring (bicyclic) bond motifs is 1. The van der Waals surface area contributed by atoms with Gasteiger partial charge in [-0.2, -0.15) is 0 Å². The van der Waals surface area contributed by atoms with Crippen LogP contribution in [0.5, 0.6) is 0 Å². The summed E-state index contributed by atoms with van der Waals surface area (Å²) in [5.74, 6) is 1.13. The van der Waals surface area contributed by atoms with Crippen LogP contribution in [0, 0.1) is 0 Å². The summed E-state index contributed by atoms with van der Waals surface area (Å²) in [6.07, 6.45) is 12.4. The summed E-state index contributed by atoms with van der Waals surface area (Å²) in [5, 5.41) is 9.09. The minimum atomic E-state index is 0.237. The SMILES string of the molecule is CCCCCCCCCCn1c(CCCO)nc2ccccc21. The lowest BCUT2D eigenvalue weighted by atomic mass is 10.1. The number of aliphatic hydroxyl groups is 1. The zero-order valence-corrected chi connectivity index (χ0v) is 14.6. The van der Waals surface area contributed by atoms with Crippen LogP contribution >= 0.6 is 0 Å². The van der Waals surface area contributed by atoms with Gasteiger partial charge in [0.25, 0.3) is 0 Å². The van der Waals surface area contributed by atoms with E-state index >= 15 is 0 Å². The van der Waals surface area contributed by atoms with Crippen LogP contribution in [0.1, 0.15) is 70.5 Å². The van der Waals surface area contributed by atoms with Gasteiger partial charge in [0, 0.05) is 19.6 Å². The lowest BCUT2D eigenvalue weighted by Crippen LogP contribution is -2.05.